The Balaban J connectivity index is 2.53. The maximum absolute atomic E-state index is 12.4. The molecule has 0 N–H and O–H groups in total. The largest absolute Gasteiger partial charge is 0.495 e. The Bertz CT molecular complexity index is 853. The summed E-state index contributed by atoms with van der Waals surface area (Å²) in [5.41, 5.74) is 0.598. The van der Waals surface area contributed by atoms with E-state index in [1.54, 1.807) is 30.3 Å². The van der Waals surface area contributed by atoms with E-state index in [0.29, 0.717) is 32.7 Å². The van der Waals surface area contributed by atoms with Crippen molar-refractivity contribution in [2.45, 2.75) is 0 Å². The van der Waals surface area contributed by atoms with Crippen LogP contribution in [0.15, 0.2) is 39.5 Å². The van der Waals surface area contributed by atoms with Gasteiger partial charge in [-0.25, -0.2) is 0 Å². The van der Waals surface area contributed by atoms with Gasteiger partial charge in [-0.05, 0) is 30.3 Å². The lowest BCUT2D eigenvalue weighted by Gasteiger charge is -2.06. The van der Waals surface area contributed by atoms with Crippen LogP contribution in [-0.4, -0.2) is 7.11 Å². The molecule has 1 aromatic heterocycles. The first-order valence-electron chi connectivity index (χ1n) is 5.50. The normalized spacial score (nSPS) is 11.1. The number of methoxy groups -OCH3 is 1. The summed E-state index contributed by atoms with van der Waals surface area (Å²) in [6.07, 6.45) is 0. The molecule has 0 radical (unpaired) electrons. The third kappa shape index (κ3) is 1.86. The fraction of sp³-hybridized carbons (Fsp3) is 0.0714. The number of benzene rings is 2. The minimum absolute atomic E-state index is 0.164. The fourth-order valence-corrected chi connectivity index (χ4v) is 2.45. The second-order valence-corrected chi connectivity index (χ2v) is 4.84. The molecule has 2 aromatic carbocycles. The van der Waals surface area contributed by atoms with Gasteiger partial charge in [0.1, 0.15) is 16.4 Å². The molecule has 0 aliphatic carbocycles. The van der Waals surface area contributed by atoms with Crippen molar-refractivity contribution in [2.24, 2.45) is 0 Å². The van der Waals surface area contributed by atoms with Crippen molar-refractivity contribution in [3.63, 3.8) is 0 Å². The van der Waals surface area contributed by atoms with Crippen molar-refractivity contribution in [2.75, 3.05) is 7.11 Å². The van der Waals surface area contributed by atoms with E-state index in [2.05, 4.69) is 0 Å². The Kier molecular flexibility index (Phi) is 2.88. The van der Waals surface area contributed by atoms with Crippen LogP contribution in [-0.2, 0) is 0 Å². The Labute approximate surface area is 118 Å². The van der Waals surface area contributed by atoms with Crippen LogP contribution in [0.1, 0.15) is 0 Å². The Morgan fingerprint density at radius 2 is 1.89 bits per heavy atom. The van der Waals surface area contributed by atoms with Gasteiger partial charge in [-0.15, -0.1) is 0 Å². The lowest BCUT2D eigenvalue weighted by atomic mass is 10.1. The van der Waals surface area contributed by atoms with E-state index in [9.17, 15) is 4.79 Å². The number of ether oxygens (including phenoxy) is 1. The zero-order chi connectivity index (χ0) is 13.6. The molecule has 0 aliphatic heterocycles. The van der Waals surface area contributed by atoms with Crippen LogP contribution in [0.25, 0.3) is 21.9 Å². The van der Waals surface area contributed by atoms with Crippen LogP contribution in [0.3, 0.4) is 0 Å². The van der Waals surface area contributed by atoms with Crippen LogP contribution >= 0.6 is 23.2 Å². The average molecular weight is 295 g/mol. The highest BCUT2D eigenvalue weighted by molar-refractivity contribution is 6.36. The van der Waals surface area contributed by atoms with Gasteiger partial charge >= 0.3 is 0 Å². The lowest BCUT2D eigenvalue weighted by Crippen LogP contribution is -2.02. The van der Waals surface area contributed by atoms with Crippen LogP contribution in [0.4, 0.5) is 0 Å². The molecule has 0 saturated carbocycles. The first-order valence-corrected chi connectivity index (χ1v) is 6.26. The molecule has 0 fully saturated rings. The van der Waals surface area contributed by atoms with Crippen molar-refractivity contribution in [1.29, 1.82) is 0 Å². The maximum atomic E-state index is 12.4. The van der Waals surface area contributed by atoms with E-state index in [1.165, 1.54) is 7.11 Å². The summed E-state index contributed by atoms with van der Waals surface area (Å²) in [5.74, 6) is 0.464. The molecule has 0 bridgehead atoms. The van der Waals surface area contributed by atoms with E-state index < -0.39 is 0 Å². The molecule has 3 nitrogen and oxygen atoms in total. The lowest BCUT2D eigenvalue weighted by molar-refractivity contribution is 0.415. The van der Waals surface area contributed by atoms with Crippen LogP contribution in [0.5, 0.6) is 5.75 Å². The summed E-state index contributed by atoms with van der Waals surface area (Å²) in [6.45, 7) is 0. The predicted molar refractivity (Wildman–Crippen MR) is 76.6 cm³/mol. The first kappa shape index (κ1) is 12.3. The quantitative estimate of drug-likeness (QED) is 0.630. The number of fused-ring (bicyclic) bond motifs is 2. The Morgan fingerprint density at radius 1 is 1.11 bits per heavy atom. The third-order valence-corrected chi connectivity index (χ3v) is 3.52. The summed E-state index contributed by atoms with van der Waals surface area (Å²) < 4.78 is 10.8. The number of hydrogen-bond acceptors (Lipinski definition) is 3. The molecule has 0 unspecified atom stereocenters. The molecule has 19 heavy (non-hydrogen) atoms. The van der Waals surface area contributed by atoms with E-state index >= 15 is 0 Å². The predicted octanol–water partition coefficient (Wildman–Crippen LogP) is 4.26. The van der Waals surface area contributed by atoms with Gasteiger partial charge in [0.15, 0.2) is 5.58 Å². The number of halogens is 2. The summed E-state index contributed by atoms with van der Waals surface area (Å²) in [6, 6.07) is 8.16. The van der Waals surface area contributed by atoms with Gasteiger partial charge < -0.3 is 9.15 Å². The Morgan fingerprint density at radius 3 is 2.63 bits per heavy atom. The van der Waals surface area contributed by atoms with Gasteiger partial charge in [0.2, 0.25) is 5.43 Å². The second-order valence-electron chi connectivity index (χ2n) is 4.03. The zero-order valence-electron chi connectivity index (χ0n) is 9.87. The SMILES string of the molecule is COc1ccc2c(=O)c3cc(Cl)ccc3oc2c1Cl. The average Bonchev–Trinajstić information content (AvgIpc) is 2.41. The molecule has 0 saturated heterocycles. The van der Waals surface area contributed by atoms with Gasteiger partial charge in [-0.1, -0.05) is 23.2 Å². The smallest absolute Gasteiger partial charge is 0.200 e. The molecular weight excluding hydrogens is 287 g/mol. The monoisotopic (exact) mass is 294 g/mol. The minimum atomic E-state index is -0.164. The molecule has 0 amide bonds. The van der Waals surface area contributed by atoms with Crippen LogP contribution in [0.2, 0.25) is 10.0 Å². The third-order valence-electron chi connectivity index (χ3n) is 2.92. The maximum Gasteiger partial charge on any atom is 0.200 e. The fourth-order valence-electron chi connectivity index (χ4n) is 2.00. The highest BCUT2D eigenvalue weighted by Crippen LogP contribution is 2.33. The number of rotatable bonds is 1. The van der Waals surface area contributed by atoms with Gasteiger partial charge in [0.25, 0.3) is 0 Å². The molecule has 96 valence electrons. The van der Waals surface area contributed by atoms with Crippen LogP contribution < -0.4 is 10.2 Å². The standard InChI is InChI=1S/C14H8Cl2O3/c1-18-11-5-3-8-13(17)9-6-7(15)2-4-10(9)19-14(8)12(11)16/h2-6H,1H3. The van der Waals surface area contributed by atoms with Crippen LogP contribution in [0, 0.1) is 0 Å². The molecule has 3 aromatic rings. The van der Waals surface area contributed by atoms with E-state index in [0.717, 1.165) is 0 Å². The van der Waals surface area contributed by atoms with Crippen molar-refractivity contribution in [1.82, 2.24) is 0 Å². The van der Waals surface area contributed by atoms with Crippen molar-refractivity contribution < 1.29 is 9.15 Å². The summed E-state index contributed by atoms with van der Waals surface area (Å²) in [7, 11) is 1.51. The molecule has 3 rings (SSSR count). The molecule has 0 aliphatic rings. The van der Waals surface area contributed by atoms with Crippen molar-refractivity contribution in [3.05, 3.63) is 50.6 Å². The van der Waals surface area contributed by atoms with Crippen molar-refractivity contribution >= 4 is 45.1 Å². The van der Waals surface area contributed by atoms with E-state index in [1.807, 2.05) is 0 Å². The summed E-state index contributed by atoms with van der Waals surface area (Å²) >= 11 is 12.1. The summed E-state index contributed by atoms with van der Waals surface area (Å²) in [5, 5.41) is 1.61. The van der Waals surface area contributed by atoms with E-state index in [4.69, 9.17) is 32.4 Å². The number of hydrogen-bond donors (Lipinski definition) is 0. The van der Waals surface area contributed by atoms with E-state index in [-0.39, 0.29) is 10.5 Å². The topological polar surface area (TPSA) is 39.4 Å². The van der Waals surface area contributed by atoms with Gasteiger partial charge in [0.05, 0.1) is 17.9 Å². The second kappa shape index (κ2) is 4.44. The summed E-state index contributed by atoms with van der Waals surface area (Å²) in [4.78, 5) is 12.4. The molecule has 0 spiro atoms. The minimum Gasteiger partial charge on any atom is -0.495 e. The highest BCUT2D eigenvalue weighted by atomic mass is 35.5. The zero-order valence-corrected chi connectivity index (χ0v) is 11.4. The van der Waals surface area contributed by atoms with Gasteiger partial charge in [0, 0.05) is 5.02 Å². The Hall–Kier alpha value is -1.71. The van der Waals surface area contributed by atoms with Crippen molar-refractivity contribution in [3.8, 4) is 5.75 Å². The molecule has 5 heteroatoms. The molecular formula is C14H8Cl2O3. The molecule has 0 atom stereocenters. The first-order chi connectivity index (χ1) is 9.11. The van der Waals surface area contributed by atoms with Gasteiger partial charge in [-0.2, -0.15) is 0 Å². The molecule has 1 heterocycles. The van der Waals surface area contributed by atoms with Gasteiger partial charge in [-0.3, -0.25) is 4.79 Å². The highest BCUT2D eigenvalue weighted by Gasteiger charge is 2.13.